The van der Waals surface area contributed by atoms with Gasteiger partial charge in [-0.1, -0.05) is 49.8 Å². The van der Waals surface area contributed by atoms with Gasteiger partial charge in [0.2, 0.25) is 11.8 Å². The van der Waals surface area contributed by atoms with Crippen LogP contribution >= 0.6 is 0 Å². The number of nitrogens with one attached hydrogen (secondary N) is 2. The van der Waals surface area contributed by atoms with Gasteiger partial charge in [0.25, 0.3) is 0 Å². The molecule has 6 nitrogen and oxygen atoms in total. The maximum Gasteiger partial charge on any atom is 0.223 e. The van der Waals surface area contributed by atoms with Gasteiger partial charge in [-0.15, -0.1) is 0 Å². The highest BCUT2D eigenvalue weighted by molar-refractivity contribution is 5.86. The number of hydrogen-bond acceptors (Lipinski definition) is 4. The zero-order valence-electron chi connectivity index (χ0n) is 22.4. The number of nitrogens with zero attached hydrogens (tertiary/aromatic N) is 1. The monoisotopic (exact) mass is 485 g/mol. The Kier molecular flexibility index (Phi) is 10.9. The number of anilines is 1. The van der Waals surface area contributed by atoms with E-state index in [2.05, 4.69) is 48.7 Å². The van der Waals surface area contributed by atoms with Crippen LogP contribution in [0.5, 0.6) is 0 Å². The first kappa shape index (κ1) is 27.5. The third-order valence-corrected chi connectivity index (χ3v) is 7.49. The van der Waals surface area contributed by atoms with E-state index in [0.717, 1.165) is 31.5 Å². The van der Waals surface area contributed by atoms with Gasteiger partial charge in [0.1, 0.15) is 0 Å². The summed E-state index contributed by atoms with van der Waals surface area (Å²) in [5.41, 5.74) is 2.39. The number of hydrogen-bond donors (Lipinski definition) is 2. The van der Waals surface area contributed by atoms with E-state index in [1.807, 2.05) is 18.7 Å². The predicted octanol–water partition coefficient (Wildman–Crippen LogP) is 5.30. The molecule has 4 atom stereocenters. The van der Waals surface area contributed by atoms with Gasteiger partial charge in [0.05, 0.1) is 12.2 Å². The Morgan fingerprint density at radius 2 is 1.71 bits per heavy atom. The fourth-order valence-corrected chi connectivity index (χ4v) is 5.57. The summed E-state index contributed by atoms with van der Waals surface area (Å²) in [7, 11) is 0. The Labute approximate surface area is 212 Å². The van der Waals surface area contributed by atoms with Crippen LogP contribution in [-0.4, -0.2) is 54.6 Å². The predicted molar refractivity (Wildman–Crippen MR) is 142 cm³/mol. The van der Waals surface area contributed by atoms with Crippen molar-refractivity contribution >= 4 is 17.5 Å². The average Bonchev–Trinajstić information content (AvgIpc) is 2.82. The van der Waals surface area contributed by atoms with Crippen LogP contribution in [0.15, 0.2) is 24.3 Å². The van der Waals surface area contributed by atoms with Crippen LogP contribution in [0.4, 0.5) is 5.69 Å². The first-order chi connectivity index (χ1) is 16.8. The molecule has 0 aromatic heterocycles. The highest BCUT2D eigenvalue weighted by atomic mass is 16.5. The fraction of sp³-hybridized carbons (Fsp3) is 0.724. The number of carbonyl (C=O) groups is 2. The van der Waals surface area contributed by atoms with Crippen molar-refractivity contribution in [2.45, 2.75) is 104 Å². The molecule has 3 rings (SSSR count). The number of ether oxygens (including phenoxy) is 1. The van der Waals surface area contributed by atoms with Crippen LogP contribution in [0, 0.1) is 18.8 Å². The molecule has 1 aliphatic carbocycles. The summed E-state index contributed by atoms with van der Waals surface area (Å²) in [5.74, 6) is 0.464. The molecule has 1 saturated carbocycles. The number of amides is 2. The molecule has 1 aromatic carbocycles. The minimum Gasteiger partial charge on any atom is -0.385 e. The summed E-state index contributed by atoms with van der Waals surface area (Å²) in [4.78, 5) is 28.4. The van der Waals surface area contributed by atoms with Crippen LogP contribution < -0.4 is 10.6 Å². The number of benzene rings is 1. The average molecular weight is 486 g/mol. The minimum absolute atomic E-state index is 0.0434. The molecule has 2 fully saturated rings. The van der Waals surface area contributed by atoms with Crippen molar-refractivity contribution in [3.8, 4) is 0 Å². The molecule has 2 N–H and O–H groups in total. The zero-order valence-corrected chi connectivity index (χ0v) is 22.4. The lowest BCUT2D eigenvalue weighted by Gasteiger charge is -2.36. The van der Waals surface area contributed by atoms with Crippen LogP contribution in [0.25, 0.3) is 0 Å². The van der Waals surface area contributed by atoms with Gasteiger partial charge in [-0.3, -0.25) is 9.59 Å². The van der Waals surface area contributed by atoms with Gasteiger partial charge >= 0.3 is 0 Å². The Bertz CT molecular complexity index is 781. The molecule has 0 spiro atoms. The molecule has 35 heavy (non-hydrogen) atoms. The van der Waals surface area contributed by atoms with E-state index in [-0.39, 0.29) is 36.0 Å². The standard InChI is InChI=1S/C29H47N3O3/c1-21-12-14-27(15-13-21)30-16-8-9-22(2)31-29(34)26(17-25-10-6-5-7-11-25)18-28(33)32-19-23(3)35-24(4)20-32/h12-15,22-26,30H,5-11,16-20H2,1-4H3,(H,31,34)/t22-,23-,24+,26+/m0/s1. The molecule has 2 aliphatic rings. The van der Waals surface area contributed by atoms with Crippen molar-refractivity contribution < 1.29 is 14.3 Å². The third kappa shape index (κ3) is 9.47. The van der Waals surface area contributed by atoms with Crippen molar-refractivity contribution in [3.63, 3.8) is 0 Å². The van der Waals surface area contributed by atoms with Crippen LogP contribution in [0.1, 0.15) is 84.1 Å². The van der Waals surface area contributed by atoms with Crippen LogP contribution in [-0.2, 0) is 14.3 Å². The van der Waals surface area contributed by atoms with Gasteiger partial charge in [0, 0.05) is 43.7 Å². The second-order valence-electron chi connectivity index (χ2n) is 11.0. The fourth-order valence-electron chi connectivity index (χ4n) is 5.57. The highest BCUT2D eigenvalue weighted by Gasteiger charge is 2.31. The van der Waals surface area contributed by atoms with Gasteiger partial charge in [0.15, 0.2) is 0 Å². The summed E-state index contributed by atoms with van der Waals surface area (Å²) in [6.45, 7) is 10.3. The summed E-state index contributed by atoms with van der Waals surface area (Å²) in [6, 6.07) is 8.51. The molecule has 0 bridgehead atoms. The molecule has 0 radical (unpaired) electrons. The van der Waals surface area contributed by atoms with Crippen molar-refractivity contribution in [1.82, 2.24) is 10.2 Å². The zero-order chi connectivity index (χ0) is 25.2. The van der Waals surface area contributed by atoms with E-state index in [4.69, 9.17) is 4.74 Å². The summed E-state index contributed by atoms with van der Waals surface area (Å²) >= 11 is 0. The first-order valence-corrected chi connectivity index (χ1v) is 13.8. The Morgan fingerprint density at radius 1 is 1.06 bits per heavy atom. The normalized spacial score (nSPS) is 22.9. The number of aryl methyl sites for hydroxylation is 1. The number of morpholine rings is 1. The lowest BCUT2D eigenvalue weighted by atomic mass is 9.81. The van der Waals surface area contributed by atoms with Crippen molar-refractivity contribution in [3.05, 3.63) is 29.8 Å². The summed E-state index contributed by atoms with van der Waals surface area (Å²) < 4.78 is 5.79. The second-order valence-corrected chi connectivity index (χ2v) is 11.0. The molecular formula is C29H47N3O3. The third-order valence-electron chi connectivity index (χ3n) is 7.49. The molecule has 1 heterocycles. The first-order valence-electron chi connectivity index (χ1n) is 13.8. The van der Waals surface area contributed by atoms with E-state index in [1.165, 1.54) is 37.7 Å². The Balaban J connectivity index is 1.49. The van der Waals surface area contributed by atoms with E-state index < -0.39 is 0 Å². The van der Waals surface area contributed by atoms with Crippen LogP contribution in [0.2, 0.25) is 0 Å². The Hall–Kier alpha value is -2.08. The lowest BCUT2D eigenvalue weighted by Crippen LogP contribution is -2.49. The Morgan fingerprint density at radius 3 is 2.37 bits per heavy atom. The molecular weight excluding hydrogens is 438 g/mol. The SMILES string of the molecule is Cc1ccc(NCCC[C@H](C)NC(=O)[C@@H](CC(=O)N2C[C@@H](C)O[C@@H](C)C2)CC2CCCCC2)cc1. The highest BCUT2D eigenvalue weighted by Crippen LogP contribution is 2.31. The maximum absolute atomic E-state index is 13.3. The van der Waals surface area contributed by atoms with E-state index >= 15 is 0 Å². The van der Waals surface area contributed by atoms with Crippen LogP contribution in [0.3, 0.4) is 0 Å². The van der Waals surface area contributed by atoms with E-state index in [9.17, 15) is 9.59 Å². The van der Waals surface area contributed by atoms with Gasteiger partial charge in [-0.2, -0.15) is 0 Å². The summed E-state index contributed by atoms with van der Waals surface area (Å²) in [5, 5.41) is 6.69. The molecule has 196 valence electrons. The largest absolute Gasteiger partial charge is 0.385 e. The van der Waals surface area contributed by atoms with E-state index in [0.29, 0.717) is 25.4 Å². The van der Waals surface area contributed by atoms with Crippen molar-refractivity contribution in [2.75, 3.05) is 25.0 Å². The topological polar surface area (TPSA) is 70.7 Å². The molecule has 1 aromatic rings. The van der Waals surface area contributed by atoms with Gasteiger partial charge in [-0.05, 0) is 65.0 Å². The summed E-state index contributed by atoms with van der Waals surface area (Å²) in [6.07, 6.45) is 9.27. The lowest BCUT2D eigenvalue weighted by molar-refractivity contribution is -0.146. The number of carbonyl (C=O) groups excluding carboxylic acids is 2. The molecule has 1 aliphatic heterocycles. The maximum atomic E-state index is 13.3. The molecule has 2 amide bonds. The second kappa shape index (κ2) is 13.9. The van der Waals surface area contributed by atoms with Gasteiger partial charge < -0.3 is 20.3 Å². The molecule has 6 heteroatoms. The van der Waals surface area contributed by atoms with E-state index in [1.54, 1.807) is 0 Å². The molecule has 0 unspecified atom stereocenters. The van der Waals surface area contributed by atoms with Crippen molar-refractivity contribution in [1.29, 1.82) is 0 Å². The van der Waals surface area contributed by atoms with Gasteiger partial charge in [-0.25, -0.2) is 0 Å². The number of rotatable bonds is 11. The minimum atomic E-state index is -0.243. The quantitative estimate of drug-likeness (QED) is 0.417. The molecule has 1 saturated heterocycles. The van der Waals surface area contributed by atoms with Crippen molar-refractivity contribution in [2.24, 2.45) is 11.8 Å². The smallest absolute Gasteiger partial charge is 0.223 e.